The van der Waals surface area contributed by atoms with Crippen LogP contribution in [0.1, 0.15) is 0 Å². The van der Waals surface area contributed by atoms with Crippen LogP contribution in [0.5, 0.6) is 0 Å². The van der Waals surface area contributed by atoms with Gasteiger partial charge in [-0.15, -0.1) is 0 Å². The van der Waals surface area contributed by atoms with Crippen LogP contribution in [0.2, 0.25) is 0 Å². The van der Waals surface area contributed by atoms with E-state index in [2.05, 4.69) is 5.32 Å². The van der Waals surface area contributed by atoms with Gasteiger partial charge in [0.25, 0.3) is 0 Å². The van der Waals surface area contributed by atoms with Gasteiger partial charge >= 0.3 is 5.70 Å². The largest absolute Gasteiger partial charge is 0.500 e. The first-order valence-corrected chi connectivity index (χ1v) is 3.18. The number of hydrogen-bond donors (Lipinski definition) is 2. The van der Waals surface area contributed by atoms with Crippen molar-refractivity contribution in [2.75, 3.05) is 6.54 Å². The first kappa shape index (κ1) is 7.87. The van der Waals surface area contributed by atoms with Crippen LogP contribution in [0.4, 0.5) is 0 Å². The van der Waals surface area contributed by atoms with Crippen LogP contribution < -0.4 is 5.32 Å². The van der Waals surface area contributed by atoms with Crippen molar-refractivity contribution < 1.29 is 10.0 Å². The highest BCUT2D eigenvalue weighted by atomic mass is 35.5. The normalized spacial score (nSPS) is 17.4. The topological polar surface area (TPSA) is 75.4 Å². The molecule has 0 unspecified atom stereocenters. The minimum Gasteiger partial charge on any atom is -0.500 e. The summed E-state index contributed by atoms with van der Waals surface area (Å²) in [4.78, 5) is 9.49. The van der Waals surface area contributed by atoms with Gasteiger partial charge in [0, 0.05) is 12.6 Å². The Bertz CT molecular complexity index is 258. The number of hydrogen-bond acceptors (Lipinski definition) is 4. The van der Waals surface area contributed by atoms with Gasteiger partial charge in [-0.1, -0.05) is 11.6 Å². The number of nitro groups is 1. The van der Waals surface area contributed by atoms with E-state index in [0.29, 0.717) is 0 Å². The van der Waals surface area contributed by atoms with E-state index in [4.69, 9.17) is 16.7 Å². The fourth-order valence-corrected chi connectivity index (χ4v) is 0.865. The van der Waals surface area contributed by atoms with Gasteiger partial charge < -0.3 is 10.4 Å². The highest BCUT2D eigenvalue weighted by molar-refractivity contribution is 6.29. The first-order valence-electron chi connectivity index (χ1n) is 2.80. The third-order valence-electron chi connectivity index (χ3n) is 1.20. The number of aliphatic hydroxyl groups excluding tert-OH is 1. The fourth-order valence-electron chi connectivity index (χ4n) is 0.691. The Morgan fingerprint density at radius 2 is 2.45 bits per heavy atom. The van der Waals surface area contributed by atoms with Crippen molar-refractivity contribution >= 4 is 11.6 Å². The Kier molecular flexibility index (Phi) is 2.00. The molecule has 1 aliphatic heterocycles. The molecule has 1 rings (SSSR count). The van der Waals surface area contributed by atoms with E-state index in [1.807, 2.05) is 0 Å². The highest BCUT2D eigenvalue weighted by Gasteiger charge is 2.22. The number of halogens is 1. The van der Waals surface area contributed by atoms with Gasteiger partial charge in [-0.3, -0.25) is 10.1 Å². The van der Waals surface area contributed by atoms with Crippen LogP contribution in [0.3, 0.4) is 0 Å². The third kappa shape index (κ3) is 1.43. The predicted octanol–water partition coefficient (Wildman–Crippen LogP) is 0.716. The SMILES string of the molecule is O=[N+]([O-])C1=CCNC(Cl)=C1O. The van der Waals surface area contributed by atoms with Crippen LogP contribution in [-0.2, 0) is 0 Å². The molecule has 5 nitrogen and oxygen atoms in total. The average molecular weight is 177 g/mol. The second-order valence-corrected chi connectivity index (χ2v) is 2.27. The van der Waals surface area contributed by atoms with Crippen molar-refractivity contribution in [2.24, 2.45) is 0 Å². The van der Waals surface area contributed by atoms with E-state index in [1.165, 1.54) is 6.08 Å². The summed E-state index contributed by atoms with van der Waals surface area (Å²) in [6, 6.07) is 0. The zero-order valence-electron chi connectivity index (χ0n) is 5.37. The molecule has 0 spiro atoms. The highest BCUT2D eigenvalue weighted by Crippen LogP contribution is 2.16. The van der Waals surface area contributed by atoms with E-state index >= 15 is 0 Å². The average Bonchev–Trinajstić information content (AvgIpc) is 1.94. The summed E-state index contributed by atoms with van der Waals surface area (Å²) >= 11 is 5.38. The number of aliphatic hydroxyl groups is 1. The maximum atomic E-state index is 10.2. The molecular formula is C5H5ClN2O3. The first-order chi connectivity index (χ1) is 5.13. The molecule has 0 aromatic rings. The lowest BCUT2D eigenvalue weighted by Gasteiger charge is -2.08. The van der Waals surface area contributed by atoms with Crippen molar-refractivity contribution in [2.45, 2.75) is 0 Å². The minimum atomic E-state index is -0.682. The smallest absolute Gasteiger partial charge is 0.311 e. The summed E-state index contributed by atoms with van der Waals surface area (Å²) in [6.45, 7) is 0.263. The molecular weight excluding hydrogens is 172 g/mol. The van der Waals surface area contributed by atoms with Crippen molar-refractivity contribution in [1.29, 1.82) is 0 Å². The molecule has 0 aromatic heterocycles. The van der Waals surface area contributed by atoms with Gasteiger partial charge in [-0.2, -0.15) is 0 Å². The lowest BCUT2D eigenvalue weighted by Crippen LogP contribution is -2.20. The second kappa shape index (κ2) is 2.79. The molecule has 0 atom stereocenters. The fraction of sp³-hybridized carbons (Fsp3) is 0.200. The Morgan fingerprint density at radius 1 is 1.82 bits per heavy atom. The van der Waals surface area contributed by atoms with Gasteiger partial charge in [-0.25, -0.2) is 0 Å². The van der Waals surface area contributed by atoms with Crippen LogP contribution in [0, 0.1) is 10.1 Å². The molecule has 0 amide bonds. The van der Waals surface area contributed by atoms with Crippen LogP contribution in [0.15, 0.2) is 22.7 Å². The predicted molar refractivity (Wildman–Crippen MR) is 38.6 cm³/mol. The summed E-state index contributed by atoms with van der Waals surface area (Å²) < 4.78 is 0. The zero-order valence-corrected chi connectivity index (χ0v) is 6.13. The monoisotopic (exact) mass is 176 g/mol. The molecule has 60 valence electrons. The maximum Gasteiger partial charge on any atom is 0.311 e. The van der Waals surface area contributed by atoms with E-state index in [-0.39, 0.29) is 17.4 Å². The molecule has 0 bridgehead atoms. The zero-order chi connectivity index (χ0) is 8.43. The quantitative estimate of drug-likeness (QED) is 0.351. The third-order valence-corrected chi connectivity index (χ3v) is 1.51. The van der Waals surface area contributed by atoms with Gasteiger partial charge in [0.05, 0.1) is 4.92 Å². The van der Waals surface area contributed by atoms with Gasteiger partial charge in [0.15, 0.2) is 5.16 Å². The summed E-state index contributed by atoms with van der Waals surface area (Å²) in [5.41, 5.74) is -0.353. The Hall–Kier alpha value is -1.23. The molecule has 1 heterocycles. The summed E-state index contributed by atoms with van der Waals surface area (Å²) in [5, 5.41) is 21.6. The lowest BCUT2D eigenvalue weighted by atomic mass is 10.3. The van der Waals surface area contributed by atoms with Crippen molar-refractivity contribution in [3.63, 3.8) is 0 Å². The van der Waals surface area contributed by atoms with Crippen molar-refractivity contribution in [3.8, 4) is 0 Å². The van der Waals surface area contributed by atoms with E-state index in [9.17, 15) is 10.1 Å². The van der Waals surface area contributed by atoms with E-state index in [1.54, 1.807) is 0 Å². The molecule has 0 fully saturated rings. The molecule has 0 aromatic carbocycles. The lowest BCUT2D eigenvalue weighted by molar-refractivity contribution is -0.424. The second-order valence-electron chi connectivity index (χ2n) is 1.89. The number of dihydropyridines is 1. The molecule has 6 heteroatoms. The summed E-state index contributed by atoms with van der Waals surface area (Å²) in [7, 11) is 0. The standard InChI is InChI=1S/C5H5ClN2O3/c6-5-4(9)3(8(10)11)1-2-7-5/h1,7,9H,2H2. The molecule has 0 aliphatic carbocycles. The Morgan fingerprint density at radius 3 is 2.91 bits per heavy atom. The number of rotatable bonds is 1. The molecule has 1 aliphatic rings. The Labute approximate surface area is 67.1 Å². The van der Waals surface area contributed by atoms with Crippen molar-refractivity contribution in [3.05, 3.63) is 32.8 Å². The number of nitrogens with one attached hydrogen (secondary N) is 1. The van der Waals surface area contributed by atoms with Crippen LogP contribution in [-0.4, -0.2) is 16.6 Å². The molecule has 0 radical (unpaired) electrons. The van der Waals surface area contributed by atoms with Gasteiger partial charge in [0.2, 0.25) is 5.76 Å². The molecule has 2 N–H and O–H groups in total. The molecule has 11 heavy (non-hydrogen) atoms. The van der Waals surface area contributed by atoms with Crippen LogP contribution >= 0.6 is 11.6 Å². The van der Waals surface area contributed by atoms with E-state index in [0.717, 1.165) is 0 Å². The van der Waals surface area contributed by atoms with Crippen LogP contribution in [0.25, 0.3) is 0 Å². The summed E-state index contributed by atoms with van der Waals surface area (Å²) in [6.07, 6.45) is 1.25. The Balaban J connectivity index is 2.98. The van der Waals surface area contributed by atoms with Gasteiger partial charge in [0.1, 0.15) is 0 Å². The van der Waals surface area contributed by atoms with Crippen molar-refractivity contribution in [1.82, 2.24) is 5.32 Å². The number of nitrogens with zero attached hydrogens (tertiary/aromatic N) is 1. The molecule has 0 saturated heterocycles. The molecule has 0 saturated carbocycles. The maximum absolute atomic E-state index is 10.2. The van der Waals surface area contributed by atoms with E-state index < -0.39 is 10.7 Å². The summed E-state index contributed by atoms with van der Waals surface area (Å²) in [5.74, 6) is -0.511. The van der Waals surface area contributed by atoms with Gasteiger partial charge in [-0.05, 0) is 0 Å². The minimum absolute atomic E-state index is 0.0841.